The number of nitrogens with zero attached hydrogens (tertiary/aromatic N) is 5. The molecule has 3 amide bonds. The number of aliphatic imine (C=N–C) groups is 1. The van der Waals surface area contributed by atoms with E-state index in [0.29, 0.717) is 49.7 Å². The number of likely N-dealkylation sites (N-methyl/N-ethyl adjacent to an activating group) is 1. The number of guanidine groups is 1. The number of halogens is 1. The van der Waals surface area contributed by atoms with Crippen LogP contribution in [0.4, 0.5) is 20.6 Å². The summed E-state index contributed by atoms with van der Waals surface area (Å²) in [5, 5.41) is 6.15. The van der Waals surface area contributed by atoms with Crippen LogP contribution in [0.2, 0.25) is 0 Å². The lowest BCUT2D eigenvalue weighted by atomic mass is 10.1. The Morgan fingerprint density at radius 1 is 0.962 bits per heavy atom. The van der Waals surface area contributed by atoms with Gasteiger partial charge in [-0.05, 0) is 94.6 Å². The van der Waals surface area contributed by atoms with Gasteiger partial charge in [0, 0.05) is 69.7 Å². The molecule has 2 N–H and O–H groups in total. The Kier molecular flexibility index (Phi) is 13.6. The van der Waals surface area contributed by atoms with Gasteiger partial charge in [0.25, 0.3) is 0 Å². The quantitative estimate of drug-likeness (QED) is 0.184. The Hall–Kier alpha value is -4.94. The van der Waals surface area contributed by atoms with Crippen molar-refractivity contribution >= 4 is 29.3 Å². The van der Waals surface area contributed by atoms with Gasteiger partial charge in [-0.15, -0.1) is 0 Å². The Bertz CT molecular complexity index is 1730. The van der Waals surface area contributed by atoms with Gasteiger partial charge < -0.3 is 34.8 Å². The predicted molar refractivity (Wildman–Crippen MR) is 205 cm³/mol. The van der Waals surface area contributed by atoms with Crippen LogP contribution in [0.3, 0.4) is 0 Å². The molecule has 0 aliphatic carbocycles. The third-order valence-corrected chi connectivity index (χ3v) is 9.40. The molecule has 2 aliphatic rings. The van der Waals surface area contributed by atoms with E-state index in [2.05, 4.69) is 32.5 Å². The van der Waals surface area contributed by atoms with Crippen LogP contribution in [0.15, 0.2) is 77.6 Å². The van der Waals surface area contributed by atoms with Crippen molar-refractivity contribution in [2.45, 2.75) is 47.0 Å². The zero-order chi connectivity index (χ0) is 37.0. The average Bonchev–Trinajstić information content (AvgIpc) is 3.13. The van der Waals surface area contributed by atoms with E-state index in [0.717, 1.165) is 55.8 Å². The third kappa shape index (κ3) is 10.5. The van der Waals surface area contributed by atoms with E-state index < -0.39 is 11.8 Å². The van der Waals surface area contributed by atoms with Crippen LogP contribution < -0.4 is 20.1 Å². The van der Waals surface area contributed by atoms with E-state index in [1.165, 1.54) is 11.0 Å². The summed E-state index contributed by atoms with van der Waals surface area (Å²) >= 11 is 0. The molecule has 1 saturated heterocycles. The standard InChI is InChI=1S/C40H52FN7O4/c1-6-47(7-2)37(49)18-15-31-13-9-14-33(27-31)52-36-19-21-48(40(50)44-38-29(3)11-8-12-30(38)4)39(43-36)42-32-16-17-35(34(41)28-32)51-26-10-20-46-24-22-45(5)23-25-46/h8-9,11-14,16-17,19,27-28H,6-7,10,15,18,20-26H2,1-5H3,(H,42,43)(H,44,50). The van der Waals surface area contributed by atoms with Gasteiger partial charge in [0.05, 0.1) is 13.2 Å². The number of anilines is 2. The molecule has 0 radical (unpaired) electrons. The first kappa shape index (κ1) is 38.3. The first-order valence-electron chi connectivity index (χ1n) is 18.2. The Morgan fingerprint density at radius 3 is 2.40 bits per heavy atom. The molecule has 52 heavy (non-hydrogen) atoms. The molecule has 0 unspecified atom stereocenters. The third-order valence-electron chi connectivity index (χ3n) is 9.40. The van der Waals surface area contributed by atoms with Gasteiger partial charge in [0.1, 0.15) is 5.75 Å². The van der Waals surface area contributed by atoms with Gasteiger partial charge in [-0.25, -0.2) is 9.18 Å². The monoisotopic (exact) mass is 713 g/mol. The largest absolute Gasteiger partial charge is 0.490 e. The molecule has 3 aromatic carbocycles. The van der Waals surface area contributed by atoms with E-state index in [9.17, 15) is 9.59 Å². The number of piperazine rings is 1. The van der Waals surface area contributed by atoms with Crippen LogP contribution in [-0.2, 0) is 11.2 Å². The number of carbonyl (C=O) groups excluding carboxylic acids is 2. The van der Waals surface area contributed by atoms with Gasteiger partial charge in [-0.1, -0.05) is 30.3 Å². The van der Waals surface area contributed by atoms with Crippen molar-refractivity contribution in [2.24, 2.45) is 4.99 Å². The molecule has 0 bridgehead atoms. The van der Waals surface area contributed by atoms with Crippen molar-refractivity contribution in [2.75, 3.05) is 76.6 Å². The molecule has 0 atom stereocenters. The molecule has 11 nitrogen and oxygen atoms in total. The van der Waals surface area contributed by atoms with Gasteiger partial charge in [0.15, 0.2) is 11.6 Å². The number of nitrogens with one attached hydrogen (secondary N) is 2. The molecule has 0 saturated carbocycles. The second kappa shape index (κ2) is 18.5. The molecular formula is C40H52FN7O4. The fourth-order valence-electron chi connectivity index (χ4n) is 6.23. The van der Waals surface area contributed by atoms with Crippen LogP contribution in [-0.4, -0.2) is 104 Å². The molecule has 278 valence electrons. The number of carbonyl (C=O) groups is 2. The first-order chi connectivity index (χ1) is 25.1. The summed E-state index contributed by atoms with van der Waals surface area (Å²) < 4.78 is 27.3. The van der Waals surface area contributed by atoms with Gasteiger partial charge in [-0.2, -0.15) is 4.99 Å². The van der Waals surface area contributed by atoms with Crippen molar-refractivity contribution in [3.63, 3.8) is 0 Å². The molecular weight excluding hydrogens is 661 g/mol. The summed E-state index contributed by atoms with van der Waals surface area (Å²) in [6.45, 7) is 14.8. The number of hydrogen-bond acceptors (Lipinski definition) is 8. The minimum absolute atomic E-state index is 0.114. The van der Waals surface area contributed by atoms with E-state index in [4.69, 9.17) is 9.47 Å². The summed E-state index contributed by atoms with van der Waals surface area (Å²) in [7, 11) is 2.13. The number of urea groups is 1. The lowest BCUT2D eigenvalue weighted by molar-refractivity contribution is -0.130. The SMILES string of the molecule is CCN(CC)C(=O)CCc1cccc(OC2=CCN(C(=O)Nc3c(C)cccc3C)C(Nc3ccc(OCCCN4CCN(C)CC4)c(F)c3)=N2)c1. The highest BCUT2D eigenvalue weighted by molar-refractivity contribution is 6.08. The van der Waals surface area contributed by atoms with E-state index >= 15 is 4.39 Å². The van der Waals surface area contributed by atoms with Crippen molar-refractivity contribution in [3.8, 4) is 11.5 Å². The van der Waals surface area contributed by atoms with Crippen molar-refractivity contribution < 1.29 is 23.5 Å². The topological polar surface area (TPSA) is 102 Å². The fourth-order valence-corrected chi connectivity index (χ4v) is 6.23. The van der Waals surface area contributed by atoms with Gasteiger partial charge >= 0.3 is 6.03 Å². The lowest BCUT2D eigenvalue weighted by Crippen LogP contribution is -2.45. The Balaban J connectivity index is 1.28. The maximum Gasteiger partial charge on any atom is 0.328 e. The Morgan fingerprint density at radius 2 is 1.69 bits per heavy atom. The van der Waals surface area contributed by atoms with Crippen LogP contribution in [0.25, 0.3) is 0 Å². The zero-order valence-corrected chi connectivity index (χ0v) is 31.1. The number of ether oxygens (including phenoxy) is 2. The normalized spacial score (nSPS) is 15.1. The summed E-state index contributed by atoms with van der Waals surface area (Å²) in [6, 6.07) is 17.6. The molecule has 0 aromatic heterocycles. The average molecular weight is 714 g/mol. The molecule has 1 fully saturated rings. The molecule has 0 spiro atoms. The van der Waals surface area contributed by atoms with Crippen LogP contribution in [0, 0.1) is 19.7 Å². The highest BCUT2D eigenvalue weighted by Crippen LogP contribution is 2.25. The van der Waals surface area contributed by atoms with Crippen molar-refractivity contribution in [1.82, 2.24) is 19.6 Å². The van der Waals surface area contributed by atoms with Gasteiger partial charge in [-0.3, -0.25) is 9.69 Å². The highest BCUT2D eigenvalue weighted by Gasteiger charge is 2.25. The Labute approximate surface area is 307 Å². The first-order valence-corrected chi connectivity index (χ1v) is 18.2. The molecule has 5 rings (SSSR count). The number of rotatable bonds is 14. The summed E-state index contributed by atoms with van der Waals surface area (Å²) in [6.07, 6.45) is 3.50. The summed E-state index contributed by atoms with van der Waals surface area (Å²) in [5.74, 6) is 0.759. The van der Waals surface area contributed by atoms with Crippen molar-refractivity contribution in [1.29, 1.82) is 0 Å². The molecule has 2 aliphatic heterocycles. The summed E-state index contributed by atoms with van der Waals surface area (Å²) in [5.41, 5.74) is 3.93. The smallest absolute Gasteiger partial charge is 0.328 e. The lowest BCUT2D eigenvalue weighted by Gasteiger charge is -2.32. The second-order valence-electron chi connectivity index (χ2n) is 13.2. The number of benzene rings is 3. The van der Waals surface area contributed by atoms with Crippen LogP contribution in [0.1, 0.15) is 43.4 Å². The minimum atomic E-state index is -0.518. The minimum Gasteiger partial charge on any atom is -0.490 e. The summed E-state index contributed by atoms with van der Waals surface area (Å²) in [4.78, 5) is 38.9. The maximum absolute atomic E-state index is 15.3. The van der Waals surface area contributed by atoms with Crippen molar-refractivity contribution in [3.05, 3.63) is 95.1 Å². The maximum atomic E-state index is 15.3. The molecule has 12 heteroatoms. The number of hydrogen-bond donors (Lipinski definition) is 2. The molecule has 2 heterocycles. The van der Waals surface area contributed by atoms with Crippen LogP contribution in [0.5, 0.6) is 11.5 Å². The number of amides is 3. The highest BCUT2D eigenvalue weighted by atomic mass is 19.1. The second-order valence-corrected chi connectivity index (χ2v) is 13.2. The van der Waals surface area contributed by atoms with Gasteiger partial charge in [0.2, 0.25) is 17.7 Å². The van der Waals surface area contributed by atoms with E-state index in [1.54, 1.807) is 18.2 Å². The van der Waals surface area contributed by atoms with E-state index in [1.807, 2.05) is 75.1 Å². The van der Waals surface area contributed by atoms with Crippen LogP contribution >= 0.6 is 0 Å². The molecule has 3 aromatic rings. The fraction of sp³-hybridized carbons (Fsp3) is 0.425. The number of aryl methyl sites for hydroxylation is 3. The predicted octanol–water partition coefficient (Wildman–Crippen LogP) is 6.50. The zero-order valence-electron chi connectivity index (χ0n) is 31.1. The number of para-hydroxylation sites is 1. The van der Waals surface area contributed by atoms with E-state index in [-0.39, 0.29) is 30.0 Å².